The van der Waals surface area contributed by atoms with Crippen LogP contribution in [0.5, 0.6) is 0 Å². The van der Waals surface area contributed by atoms with Crippen molar-refractivity contribution in [2.45, 2.75) is 45.8 Å². The van der Waals surface area contributed by atoms with Gasteiger partial charge in [-0.15, -0.1) is 0 Å². The summed E-state index contributed by atoms with van der Waals surface area (Å²) in [5.74, 6) is 5.56. The van der Waals surface area contributed by atoms with Gasteiger partial charge in [0.25, 0.3) is 0 Å². The van der Waals surface area contributed by atoms with Gasteiger partial charge >= 0.3 is 6.09 Å². The van der Waals surface area contributed by atoms with Crippen molar-refractivity contribution < 1.29 is 19.1 Å². The Bertz CT molecular complexity index is 796. The van der Waals surface area contributed by atoms with Crippen LogP contribution in [-0.2, 0) is 14.3 Å². The van der Waals surface area contributed by atoms with Crippen molar-refractivity contribution in [3.8, 4) is 11.8 Å². The van der Waals surface area contributed by atoms with Crippen LogP contribution in [0.25, 0.3) is 0 Å². The van der Waals surface area contributed by atoms with Gasteiger partial charge in [-0.3, -0.25) is 19.8 Å². The molecule has 2 heterocycles. The van der Waals surface area contributed by atoms with E-state index < -0.39 is 24.1 Å². The minimum Gasteiger partial charge on any atom is -0.439 e. The van der Waals surface area contributed by atoms with Crippen LogP contribution < -0.4 is 5.32 Å². The molecule has 0 aromatic heterocycles. The fourth-order valence-corrected chi connectivity index (χ4v) is 2.93. The summed E-state index contributed by atoms with van der Waals surface area (Å²) in [5.41, 5.74) is 1.69. The zero-order chi connectivity index (χ0) is 18.9. The summed E-state index contributed by atoms with van der Waals surface area (Å²) in [7, 11) is 0. The molecule has 0 spiro atoms. The van der Waals surface area contributed by atoms with Crippen LogP contribution in [0.15, 0.2) is 24.3 Å². The predicted molar refractivity (Wildman–Crippen MR) is 94.9 cm³/mol. The van der Waals surface area contributed by atoms with Crippen LogP contribution in [-0.4, -0.2) is 35.4 Å². The molecule has 136 valence electrons. The molecule has 2 aliphatic rings. The second-order valence-electron chi connectivity index (χ2n) is 7.61. The maximum absolute atomic E-state index is 12.2. The summed E-state index contributed by atoms with van der Waals surface area (Å²) in [4.78, 5) is 36.8. The monoisotopic (exact) mass is 354 g/mol. The Balaban J connectivity index is 1.69. The smallest absolute Gasteiger partial charge is 0.411 e. The number of hydrogen-bond donors (Lipinski definition) is 1. The Morgan fingerprint density at radius 1 is 1.15 bits per heavy atom. The van der Waals surface area contributed by atoms with E-state index in [-0.39, 0.29) is 24.3 Å². The van der Waals surface area contributed by atoms with Gasteiger partial charge in [-0.2, -0.15) is 0 Å². The molecule has 2 aliphatic heterocycles. The fraction of sp³-hybridized carbons (Fsp3) is 0.450. The zero-order valence-corrected chi connectivity index (χ0v) is 15.2. The Hall–Kier alpha value is -2.81. The largest absolute Gasteiger partial charge is 0.439 e. The zero-order valence-electron chi connectivity index (χ0n) is 15.2. The van der Waals surface area contributed by atoms with Gasteiger partial charge in [0.05, 0.1) is 6.54 Å². The normalized spacial score (nSPS) is 23.2. The van der Waals surface area contributed by atoms with Gasteiger partial charge in [-0.1, -0.05) is 24.0 Å². The highest BCUT2D eigenvalue weighted by molar-refractivity contribution is 6.01. The van der Waals surface area contributed by atoms with E-state index in [1.165, 1.54) is 4.90 Å². The summed E-state index contributed by atoms with van der Waals surface area (Å²) in [6.07, 6.45) is -0.404. The average molecular weight is 354 g/mol. The van der Waals surface area contributed by atoms with E-state index in [2.05, 4.69) is 37.9 Å². The van der Waals surface area contributed by atoms with Crippen LogP contribution in [0.3, 0.4) is 0 Å². The lowest BCUT2D eigenvalue weighted by Gasteiger charge is -2.27. The number of piperidine rings is 1. The average Bonchev–Trinajstić information content (AvgIpc) is 2.94. The van der Waals surface area contributed by atoms with Crippen LogP contribution >= 0.6 is 0 Å². The maximum atomic E-state index is 12.2. The van der Waals surface area contributed by atoms with Crippen molar-refractivity contribution in [3.05, 3.63) is 35.4 Å². The van der Waals surface area contributed by atoms with Crippen molar-refractivity contribution in [2.75, 3.05) is 6.54 Å². The molecule has 26 heavy (non-hydrogen) atoms. The van der Waals surface area contributed by atoms with Crippen LogP contribution in [0, 0.1) is 17.3 Å². The highest BCUT2D eigenvalue weighted by Crippen LogP contribution is 2.29. The molecule has 0 radical (unpaired) electrons. The first-order chi connectivity index (χ1) is 12.2. The predicted octanol–water partition coefficient (Wildman–Crippen LogP) is 2.38. The standard InChI is InChI=1S/C20H22N2O4/c1-20(2,3)11-10-13-4-6-14(7-5-13)16-12-22(19(25)26-16)15-8-9-17(23)21-18(15)24/h4-7,15-16H,8-9,12H2,1-3H3,(H,21,23,24). The molecule has 2 unspecified atom stereocenters. The van der Waals surface area contributed by atoms with Crippen LogP contribution in [0.4, 0.5) is 4.79 Å². The molecular formula is C20H22N2O4. The van der Waals surface area contributed by atoms with E-state index in [4.69, 9.17) is 4.74 Å². The lowest BCUT2D eigenvalue weighted by molar-refractivity contribution is -0.136. The van der Waals surface area contributed by atoms with Gasteiger partial charge < -0.3 is 4.74 Å². The summed E-state index contributed by atoms with van der Waals surface area (Å²) in [5, 5.41) is 2.27. The first-order valence-corrected chi connectivity index (χ1v) is 8.67. The third-order valence-corrected chi connectivity index (χ3v) is 4.29. The minimum absolute atomic E-state index is 0.0674. The molecule has 2 saturated heterocycles. The molecule has 2 fully saturated rings. The molecule has 1 aromatic rings. The summed E-state index contributed by atoms with van der Waals surface area (Å²) < 4.78 is 5.43. The number of amides is 3. The Morgan fingerprint density at radius 3 is 2.46 bits per heavy atom. The van der Waals surface area contributed by atoms with Gasteiger partial charge in [0.1, 0.15) is 12.1 Å². The van der Waals surface area contributed by atoms with Crippen molar-refractivity contribution in [3.63, 3.8) is 0 Å². The van der Waals surface area contributed by atoms with E-state index in [0.29, 0.717) is 6.42 Å². The maximum Gasteiger partial charge on any atom is 0.411 e. The summed E-state index contributed by atoms with van der Waals surface area (Å²) in [6, 6.07) is 6.92. The molecule has 2 atom stereocenters. The van der Waals surface area contributed by atoms with Crippen LogP contribution in [0.1, 0.15) is 50.8 Å². The molecule has 0 aliphatic carbocycles. The highest BCUT2D eigenvalue weighted by Gasteiger charge is 2.41. The Labute approximate surface area is 152 Å². The third kappa shape index (κ3) is 4.05. The van der Waals surface area contributed by atoms with Crippen molar-refractivity contribution in [2.24, 2.45) is 5.41 Å². The van der Waals surface area contributed by atoms with Gasteiger partial charge in [-0.25, -0.2) is 4.79 Å². The van der Waals surface area contributed by atoms with Crippen molar-refractivity contribution >= 4 is 17.9 Å². The molecule has 1 aromatic carbocycles. The van der Waals surface area contributed by atoms with E-state index >= 15 is 0 Å². The molecule has 3 rings (SSSR count). The van der Waals surface area contributed by atoms with Gasteiger partial charge in [0, 0.05) is 17.4 Å². The first-order valence-electron chi connectivity index (χ1n) is 8.67. The lowest BCUT2D eigenvalue weighted by Crippen LogP contribution is -2.52. The Morgan fingerprint density at radius 2 is 1.85 bits per heavy atom. The van der Waals surface area contributed by atoms with E-state index in [1.54, 1.807) is 0 Å². The van der Waals surface area contributed by atoms with E-state index in [9.17, 15) is 14.4 Å². The number of carbonyl (C=O) groups is 3. The van der Waals surface area contributed by atoms with Crippen molar-refractivity contribution in [1.82, 2.24) is 10.2 Å². The fourth-order valence-electron chi connectivity index (χ4n) is 2.93. The van der Waals surface area contributed by atoms with E-state index in [1.807, 2.05) is 24.3 Å². The molecule has 0 bridgehead atoms. The summed E-state index contributed by atoms with van der Waals surface area (Å²) in [6.45, 7) is 6.44. The number of ether oxygens (including phenoxy) is 1. The summed E-state index contributed by atoms with van der Waals surface area (Å²) >= 11 is 0. The topological polar surface area (TPSA) is 75.7 Å². The SMILES string of the molecule is CC(C)(C)C#Cc1ccc(C2CN(C3CCC(=O)NC3=O)C(=O)O2)cc1. The van der Waals surface area contributed by atoms with Crippen LogP contribution in [0.2, 0.25) is 0 Å². The number of cyclic esters (lactones) is 1. The molecule has 1 N–H and O–H groups in total. The quantitative estimate of drug-likeness (QED) is 0.654. The van der Waals surface area contributed by atoms with E-state index in [0.717, 1.165) is 11.1 Å². The van der Waals surface area contributed by atoms with Gasteiger partial charge in [0.15, 0.2) is 0 Å². The molecule has 0 saturated carbocycles. The number of carbonyl (C=O) groups excluding carboxylic acids is 3. The second-order valence-corrected chi connectivity index (χ2v) is 7.61. The number of hydrogen-bond acceptors (Lipinski definition) is 4. The molecule has 6 nitrogen and oxygen atoms in total. The highest BCUT2D eigenvalue weighted by atomic mass is 16.6. The van der Waals surface area contributed by atoms with Crippen molar-refractivity contribution in [1.29, 1.82) is 0 Å². The van der Waals surface area contributed by atoms with Gasteiger partial charge in [-0.05, 0) is 44.9 Å². The molecule has 6 heteroatoms. The Kier molecular flexibility index (Phi) is 4.73. The number of benzene rings is 1. The number of nitrogens with one attached hydrogen (secondary N) is 1. The number of rotatable bonds is 2. The molecular weight excluding hydrogens is 332 g/mol. The third-order valence-electron chi connectivity index (χ3n) is 4.29. The number of nitrogens with zero attached hydrogens (tertiary/aromatic N) is 1. The lowest BCUT2D eigenvalue weighted by atomic mass is 9.97. The molecule has 3 amide bonds. The minimum atomic E-state index is -0.651. The number of imide groups is 1. The first kappa shape index (κ1) is 18.0. The van der Waals surface area contributed by atoms with Gasteiger partial charge in [0.2, 0.25) is 11.8 Å². The second kappa shape index (κ2) is 6.83.